The molecule has 0 saturated carbocycles. The molecule has 0 fully saturated rings. The second-order valence-corrected chi connectivity index (χ2v) is 4.13. The summed E-state index contributed by atoms with van der Waals surface area (Å²) in [6.07, 6.45) is 0. The van der Waals surface area contributed by atoms with Crippen LogP contribution in [0.1, 0.15) is 34.6 Å². The van der Waals surface area contributed by atoms with E-state index in [-0.39, 0.29) is 62.5 Å². The van der Waals surface area contributed by atoms with Crippen molar-refractivity contribution >= 4 is 0 Å². The van der Waals surface area contributed by atoms with Gasteiger partial charge in [-0.25, -0.2) is 0 Å². The number of hydrogen-bond acceptors (Lipinski definition) is 0. The van der Waals surface area contributed by atoms with Crippen molar-refractivity contribution in [1.82, 2.24) is 0 Å². The predicted molar refractivity (Wildman–Crippen MR) is 45.0 cm³/mol. The topological polar surface area (TPSA) is 0 Å². The van der Waals surface area contributed by atoms with Gasteiger partial charge in [0.2, 0.25) is 0 Å². The first-order chi connectivity index (χ1) is 3.25. The molecule has 0 atom stereocenters. The van der Waals surface area contributed by atoms with E-state index in [0.29, 0.717) is 5.41 Å². The molecule has 0 spiro atoms. The normalized spacial score (nSPS) is 10.4. The van der Waals surface area contributed by atoms with Crippen LogP contribution in [0.4, 0.5) is 0 Å². The Morgan fingerprint density at radius 1 is 0.909 bits per heavy atom. The quantitative estimate of drug-likeness (QED) is 0.531. The van der Waals surface area contributed by atoms with Crippen molar-refractivity contribution in [3.63, 3.8) is 0 Å². The molecular weight excluding hydrogens is 397 g/mol. The molecule has 0 aliphatic carbocycles. The maximum Gasteiger partial charge on any atom is 0 e. The van der Waals surface area contributed by atoms with Crippen LogP contribution in [0.15, 0.2) is 0 Å². The average Bonchev–Trinajstić information content (AvgIpc) is 1.25. The summed E-state index contributed by atoms with van der Waals surface area (Å²) in [6.45, 7) is 15.0. The Labute approximate surface area is 109 Å². The molecule has 0 bridgehead atoms. The molecule has 0 aliphatic rings. The molecule has 0 unspecified atom stereocenters. The first-order valence-corrected chi connectivity index (χ1v) is 3.10. The van der Waals surface area contributed by atoms with E-state index in [4.69, 9.17) is 0 Å². The summed E-state index contributed by atoms with van der Waals surface area (Å²) in [7, 11) is 0. The molecule has 2 heteroatoms. The largest absolute Gasteiger partial charge is 0.358 e. The molecular formula is C9H20UV-2. The molecule has 0 aliphatic heterocycles. The summed E-state index contributed by atoms with van der Waals surface area (Å²) >= 11 is 0. The van der Waals surface area contributed by atoms with E-state index in [2.05, 4.69) is 41.5 Å². The molecule has 0 aromatic carbocycles. The van der Waals surface area contributed by atoms with Gasteiger partial charge in [-0.2, -0.15) is 5.41 Å². The van der Waals surface area contributed by atoms with Gasteiger partial charge >= 0.3 is 0 Å². The van der Waals surface area contributed by atoms with E-state index in [1.807, 2.05) is 0 Å². The Balaban J connectivity index is -0.0000000817. The summed E-state index contributed by atoms with van der Waals surface area (Å²) in [6, 6.07) is 0. The molecule has 0 N–H and O–H groups in total. The standard InChI is InChI=1S/C8H17.CH3.U.V/c1-7(2,3)8(4,5)6;;;/h1H2,2-6H3;1H3;;/q2*-1;;. The summed E-state index contributed by atoms with van der Waals surface area (Å²) in [4.78, 5) is 0. The predicted octanol–water partition coefficient (Wildman–Crippen LogP) is 3.34. The van der Waals surface area contributed by atoms with Crippen molar-refractivity contribution in [3.8, 4) is 0 Å². The van der Waals surface area contributed by atoms with Gasteiger partial charge in [-0.3, -0.25) is 0 Å². The Hall–Kier alpha value is 1.64. The van der Waals surface area contributed by atoms with Gasteiger partial charge in [0.25, 0.3) is 0 Å². The smallest absolute Gasteiger partial charge is 0 e. The van der Waals surface area contributed by atoms with Crippen LogP contribution in [0.5, 0.6) is 0 Å². The van der Waals surface area contributed by atoms with Crippen LogP contribution in [0, 0.1) is 56.3 Å². The minimum Gasteiger partial charge on any atom is -0.358 e. The van der Waals surface area contributed by atoms with Gasteiger partial charge in [0.15, 0.2) is 0 Å². The van der Waals surface area contributed by atoms with Crippen molar-refractivity contribution in [1.29, 1.82) is 0 Å². The fourth-order valence-corrected chi connectivity index (χ4v) is 0. The zero-order valence-corrected chi connectivity index (χ0v) is 14.2. The molecule has 1 radical (unpaired) electrons. The Morgan fingerprint density at radius 3 is 1.00 bits per heavy atom. The van der Waals surface area contributed by atoms with Crippen molar-refractivity contribution in [2.75, 3.05) is 0 Å². The van der Waals surface area contributed by atoms with E-state index in [9.17, 15) is 0 Å². The molecule has 67 valence electrons. The first-order valence-electron chi connectivity index (χ1n) is 3.10. The molecule has 0 aromatic rings. The molecule has 0 nitrogen and oxygen atoms in total. The van der Waals surface area contributed by atoms with Gasteiger partial charge in [-0.05, 0) is 0 Å². The van der Waals surface area contributed by atoms with Gasteiger partial charge in [-0.1, -0.05) is 40.0 Å². The molecule has 0 rings (SSSR count). The van der Waals surface area contributed by atoms with Gasteiger partial charge in [-0.15, -0.1) is 0 Å². The Bertz CT molecular complexity index is 64.5. The molecule has 0 aromatic heterocycles. The van der Waals surface area contributed by atoms with Gasteiger partial charge in [0.1, 0.15) is 0 Å². The second kappa shape index (κ2) is 7.08. The Kier molecular flexibility index (Phi) is 14.8. The third kappa shape index (κ3) is 9.55. The average molecular weight is 417 g/mol. The molecule has 11 heavy (non-hydrogen) atoms. The van der Waals surface area contributed by atoms with Crippen LogP contribution in [-0.2, 0) is 18.6 Å². The van der Waals surface area contributed by atoms with Crippen molar-refractivity contribution < 1.29 is 49.7 Å². The van der Waals surface area contributed by atoms with Gasteiger partial charge < -0.3 is 14.4 Å². The fourth-order valence-electron chi connectivity index (χ4n) is 0. The van der Waals surface area contributed by atoms with E-state index >= 15 is 0 Å². The van der Waals surface area contributed by atoms with Crippen molar-refractivity contribution in [2.45, 2.75) is 34.6 Å². The van der Waals surface area contributed by atoms with Crippen LogP contribution in [0.2, 0.25) is 0 Å². The van der Waals surface area contributed by atoms with Crippen LogP contribution in [0.3, 0.4) is 0 Å². The van der Waals surface area contributed by atoms with Crippen LogP contribution in [-0.4, -0.2) is 0 Å². The summed E-state index contributed by atoms with van der Waals surface area (Å²) < 4.78 is 0. The zero-order valence-electron chi connectivity index (χ0n) is 8.65. The summed E-state index contributed by atoms with van der Waals surface area (Å²) in [5.74, 6) is 0. The zero-order chi connectivity index (χ0) is 7.00. The first kappa shape index (κ1) is 22.9. The van der Waals surface area contributed by atoms with E-state index in [1.54, 1.807) is 0 Å². The van der Waals surface area contributed by atoms with Crippen molar-refractivity contribution in [2.24, 2.45) is 10.8 Å². The Morgan fingerprint density at radius 2 is 1.00 bits per heavy atom. The molecule has 0 amide bonds. The SMILES string of the molecule is [CH2-]C(C)(C)C(C)(C)C.[CH3-].[U].[V]. The minimum absolute atomic E-state index is 0. The summed E-state index contributed by atoms with van der Waals surface area (Å²) in [5, 5.41) is 0. The number of hydrogen-bond donors (Lipinski definition) is 0. The van der Waals surface area contributed by atoms with E-state index in [0.717, 1.165) is 0 Å². The van der Waals surface area contributed by atoms with Crippen LogP contribution >= 0.6 is 0 Å². The number of rotatable bonds is 0. The minimum atomic E-state index is 0. The van der Waals surface area contributed by atoms with E-state index in [1.165, 1.54) is 0 Å². The monoisotopic (exact) mass is 417 g/mol. The third-order valence-corrected chi connectivity index (χ3v) is 2.03. The maximum absolute atomic E-state index is 4.04. The molecule has 0 heterocycles. The van der Waals surface area contributed by atoms with E-state index < -0.39 is 0 Å². The summed E-state index contributed by atoms with van der Waals surface area (Å²) in [5.41, 5.74) is 0.514. The second-order valence-electron chi connectivity index (χ2n) is 4.13. The molecule has 0 saturated heterocycles. The maximum atomic E-state index is 4.04. The van der Waals surface area contributed by atoms with Crippen LogP contribution in [0.25, 0.3) is 0 Å². The van der Waals surface area contributed by atoms with Crippen LogP contribution < -0.4 is 0 Å². The fraction of sp³-hybridized carbons (Fsp3) is 0.778. The third-order valence-electron chi connectivity index (χ3n) is 2.03. The van der Waals surface area contributed by atoms with Gasteiger partial charge in [0.05, 0.1) is 0 Å². The van der Waals surface area contributed by atoms with Crippen molar-refractivity contribution in [3.05, 3.63) is 14.4 Å². The van der Waals surface area contributed by atoms with Gasteiger partial charge in [0, 0.05) is 49.7 Å².